The van der Waals surface area contributed by atoms with Crippen molar-refractivity contribution in [2.45, 2.75) is 12.8 Å². The highest BCUT2D eigenvalue weighted by Gasteiger charge is 2.25. The van der Waals surface area contributed by atoms with Gasteiger partial charge in [-0.1, -0.05) is 12.1 Å². The number of piperazine rings is 1. The number of carbonyl (C=O) groups is 2. The first-order chi connectivity index (χ1) is 10.2. The number of benzene rings is 1. The fourth-order valence-electron chi connectivity index (χ4n) is 2.23. The highest BCUT2D eigenvalue weighted by molar-refractivity contribution is 6.17. The van der Waals surface area contributed by atoms with Gasteiger partial charge in [-0.3, -0.25) is 4.79 Å². The van der Waals surface area contributed by atoms with Crippen molar-refractivity contribution in [2.24, 2.45) is 0 Å². The fraction of sp³-hybridized carbons (Fsp3) is 0.467. The van der Waals surface area contributed by atoms with Gasteiger partial charge in [-0.15, -0.1) is 11.6 Å². The molecule has 5 nitrogen and oxygen atoms in total. The number of amides is 2. The molecule has 114 valence electrons. The molecule has 2 amide bonds. The molecule has 1 aliphatic heterocycles. The third-order valence-corrected chi connectivity index (χ3v) is 3.76. The predicted octanol–water partition coefficient (Wildman–Crippen LogP) is 2.34. The highest BCUT2D eigenvalue weighted by atomic mass is 35.5. The van der Waals surface area contributed by atoms with E-state index in [0.29, 0.717) is 44.2 Å². The maximum Gasteiger partial charge on any atom is 0.409 e. The number of halogens is 1. The van der Waals surface area contributed by atoms with Crippen molar-refractivity contribution in [1.82, 2.24) is 9.80 Å². The monoisotopic (exact) mass is 310 g/mol. The van der Waals surface area contributed by atoms with Gasteiger partial charge in [0.2, 0.25) is 0 Å². The Balaban J connectivity index is 1.92. The normalized spacial score (nSPS) is 15.0. The van der Waals surface area contributed by atoms with Gasteiger partial charge in [-0.25, -0.2) is 4.79 Å². The molecular weight excluding hydrogens is 292 g/mol. The molecule has 0 aliphatic carbocycles. The van der Waals surface area contributed by atoms with E-state index in [9.17, 15) is 9.59 Å². The molecule has 0 spiro atoms. The molecule has 1 aromatic carbocycles. The summed E-state index contributed by atoms with van der Waals surface area (Å²) in [6.45, 7) is 4.20. The summed E-state index contributed by atoms with van der Waals surface area (Å²) >= 11 is 5.73. The first kappa shape index (κ1) is 15.6. The van der Waals surface area contributed by atoms with Crippen LogP contribution in [-0.4, -0.2) is 54.6 Å². The quantitative estimate of drug-likeness (QED) is 0.805. The Labute approximate surface area is 129 Å². The van der Waals surface area contributed by atoms with E-state index in [0.717, 1.165) is 5.56 Å². The number of carbonyl (C=O) groups excluding carboxylic acids is 2. The summed E-state index contributed by atoms with van der Waals surface area (Å²) in [6, 6.07) is 7.29. The Morgan fingerprint density at radius 2 is 1.67 bits per heavy atom. The number of alkyl halides is 1. The van der Waals surface area contributed by atoms with Gasteiger partial charge < -0.3 is 14.5 Å². The lowest BCUT2D eigenvalue weighted by molar-refractivity contribution is 0.0570. The van der Waals surface area contributed by atoms with Crippen LogP contribution in [0.5, 0.6) is 0 Å². The number of rotatable bonds is 3. The second kappa shape index (κ2) is 7.31. The highest BCUT2D eigenvalue weighted by Crippen LogP contribution is 2.12. The van der Waals surface area contributed by atoms with Crippen molar-refractivity contribution in [3.8, 4) is 0 Å². The molecule has 1 fully saturated rings. The lowest BCUT2D eigenvalue weighted by Crippen LogP contribution is -2.50. The topological polar surface area (TPSA) is 49.9 Å². The summed E-state index contributed by atoms with van der Waals surface area (Å²) < 4.78 is 4.96. The van der Waals surface area contributed by atoms with Crippen LogP contribution in [0.25, 0.3) is 0 Å². The van der Waals surface area contributed by atoms with Crippen LogP contribution in [0.3, 0.4) is 0 Å². The molecule has 0 radical (unpaired) electrons. The number of hydrogen-bond donors (Lipinski definition) is 0. The molecule has 0 saturated carbocycles. The number of hydrogen-bond acceptors (Lipinski definition) is 3. The third-order valence-electron chi connectivity index (χ3n) is 3.45. The summed E-state index contributed by atoms with van der Waals surface area (Å²) in [6.07, 6.45) is -0.309. The lowest BCUT2D eigenvalue weighted by Gasteiger charge is -2.34. The van der Waals surface area contributed by atoms with Gasteiger partial charge >= 0.3 is 6.09 Å². The van der Waals surface area contributed by atoms with E-state index in [-0.39, 0.29) is 12.0 Å². The Bertz CT molecular complexity index is 496. The van der Waals surface area contributed by atoms with E-state index in [1.165, 1.54) is 0 Å². The molecule has 0 N–H and O–H groups in total. The first-order valence-corrected chi connectivity index (χ1v) is 7.55. The molecule has 0 bridgehead atoms. The lowest BCUT2D eigenvalue weighted by atomic mass is 10.1. The number of ether oxygens (including phenoxy) is 1. The zero-order valence-corrected chi connectivity index (χ0v) is 12.8. The zero-order valence-electron chi connectivity index (χ0n) is 12.0. The first-order valence-electron chi connectivity index (χ1n) is 7.01. The molecular formula is C15H19ClN2O3. The van der Waals surface area contributed by atoms with Crippen molar-refractivity contribution >= 4 is 23.6 Å². The van der Waals surface area contributed by atoms with Crippen molar-refractivity contribution in [2.75, 3.05) is 32.8 Å². The maximum atomic E-state index is 12.4. The van der Waals surface area contributed by atoms with E-state index < -0.39 is 0 Å². The second-order valence-corrected chi connectivity index (χ2v) is 5.08. The van der Waals surface area contributed by atoms with Crippen LogP contribution in [0.15, 0.2) is 24.3 Å². The summed E-state index contributed by atoms with van der Waals surface area (Å²) in [7, 11) is 0. The molecule has 0 aromatic heterocycles. The van der Waals surface area contributed by atoms with Gasteiger partial charge in [0.15, 0.2) is 0 Å². The molecule has 0 unspecified atom stereocenters. The van der Waals surface area contributed by atoms with Crippen LogP contribution in [0.4, 0.5) is 4.79 Å². The number of nitrogens with zero attached hydrogens (tertiary/aromatic N) is 2. The molecule has 1 aliphatic rings. The molecule has 2 rings (SSSR count). The van der Waals surface area contributed by atoms with Crippen molar-refractivity contribution < 1.29 is 14.3 Å². The van der Waals surface area contributed by atoms with Crippen LogP contribution in [0, 0.1) is 0 Å². The largest absolute Gasteiger partial charge is 0.450 e. The van der Waals surface area contributed by atoms with Crippen LogP contribution in [0.2, 0.25) is 0 Å². The Morgan fingerprint density at radius 1 is 1.10 bits per heavy atom. The molecule has 0 atom stereocenters. The van der Waals surface area contributed by atoms with Crippen molar-refractivity contribution in [1.29, 1.82) is 0 Å². The summed E-state index contributed by atoms with van der Waals surface area (Å²) in [5.74, 6) is 0.423. The van der Waals surface area contributed by atoms with Crippen LogP contribution in [0.1, 0.15) is 22.8 Å². The summed E-state index contributed by atoms with van der Waals surface area (Å²) in [4.78, 5) is 27.3. The SMILES string of the molecule is CCOC(=O)N1CCN(C(=O)c2ccc(CCl)cc2)CC1. The smallest absolute Gasteiger partial charge is 0.409 e. The minimum absolute atomic E-state index is 0.0142. The van der Waals surface area contributed by atoms with Crippen LogP contribution < -0.4 is 0 Å². The van der Waals surface area contributed by atoms with Crippen molar-refractivity contribution in [3.05, 3.63) is 35.4 Å². The second-order valence-electron chi connectivity index (χ2n) is 4.81. The van der Waals surface area contributed by atoms with E-state index in [4.69, 9.17) is 16.3 Å². The summed E-state index contributed by atoms with van der Waals surface area (Å²) in [5.41, 5.74) is 1.63. The van der Waals surface area contributed by atoms with E-state index >= 15 is 0 Å². The average molecular weight is 311 g/mol. The Kier molecular flexibility index (Phi) is 5.44. The summed E-state index contributed by atoms with van der Waals surface area (Å²) in [5, 5.41) is 0. The Hall–Kier alpha value is -1.75. The molecule has 1 heterocycles. The molecule has 1 aromatic rings. The maximum absolute atomic E-state index is 12.4. The zero-order chi connectivity index (χ0) is 15.2. The van der Waals surface area contributed by atoms with Gasteiger partial charge in [0.1, 0.15) is 0 Å². The van der Waals surface area contributed by atoms with E-state index in [1.54, 1.807) is 28.9 Å². The van der Waals surface area contributed by atoms with Gasteiger partial charge in [0, 0.05) is 37.6 Å². The fourth-order valence-corrected chi connectivity index (χ4v) is 2.40. The third kappa shape index (κ3) is 3.88. The van der Waals surface area contributed by atoms with Gasteiger partial charge in [-0.2, -0.15) is 0 Å². The minimum Gasteiger partial charge on any atom is -0.450 e. The molecule has 1 saturated heterocycles. The van der Waals surface area contributed by atoms with Crippen LogP contribution in [-0.2, 0) is 10.6 Å². The van der Waals surface area contributed by atoms with Gasteiger partial charge in [0.25, 0.3) is 5.91 Å². The van der Waals surface area contributed by atoms with Crippen LogP contribution >= 0.6 is 11.6 Å². The van der Waals surface area contributed by atoms with E-state index in [1.807, 2.05) is 12.1 Å². The molecule has 6 heteroatoms. The van der Waals surface area contributed by atoms with Crippen molar-refractivity contribution in [3.63, 3.8) is 0 Å². The predicted molar refractivity (Wildman–Crippen MR) is 80.5 cm³/mol. The molecule has 21 heavy (non-hydrogen) atoms. The minimum atomic E-state index is -0.309. The van der Waals surface area contributed by atoms with E-state index in [2.05, 4.69) is 0 Å². The van der Waals surface area contributed by atoms with Gasteiger partial charge in [0.05, 0.1) is 6.61 Å². The standard InChI is InChI=1S/C15H19ClN2O3/c1-2-21-15(20)18-9-7-17(8-10-18)14(19)13-5-3-12(11-16)4-6-13/h3-6H,2,7-11H2,1H3. The van der Waals surface area contributed by atoms with Gasteiger partial charge in [-0.05, 0) is 24.6 Å². The Morgan fingerprint density at radius 3 is 2.19 bits per heavy atom. The average Bonchev–Trinajstić information content (AvgIpc) is 2.54.